The minimum Gasteiger partial charge on any atom is -0.368 e. The maximum absolute atomic E-state index is 12.6. The first-order valence-corrected chi connectivity index (χ1v) is 9.65. The Kier molecular flexibility index (Phi) is 4.90. The van der Waals surface area contributed by atoms with E-state index in [1.807, 2.05) is 11.0 Å². The topological polar surface area (TPSA) is 78.7 Å². The fraction of sp³-hybridized carbons (Fsp3) is 0.381. The molecule has 0 aromatic heterocycles. The molecule has 2 aromatic rings. The van der Waals surface area contributed by atoms with Gasteiger partial charge >= 0.3 is 6.03 Å². The van der Waals surface area contributed by atoms with Gasteiger partial charge in [0.1, 0.15) is 0 Å². The number of nitro groups is 1. The van der Waals surface area contributed by atoms with Crippen molar-refractivity contribution in [1.29, 1.82) is 0 Å². The van der Waals surface area contributed by atoms with Gasteiger partial charge in [0, 0.05) is 56.0 Å². The molecule has 0 bridgehead atoms. The van der Waals surface area contributed by atoms with Gasteiger partial charge in [-0.05, 0) is 30.5 Å². The quantitative estimate of drug-likeness (QED) is 0.638. The Labute approximate surface area is 164 Å². The van der Waals surface area contributed by atoms with Gasteiger partial charge in [0.15, 0.2) is 0 Å². The first kappa shape index (κ1) is 18.3. The monoisotopic (exact) mass is 380 g/mol. The van der Waals surface area contributed by atoms with Crippen molar-refractivity contribution < 1.29 is 9.72 Å². The average molecular weight is 380 g/mol. The number of rotatable bonds is 5. The van der Waals surface area contributed by atoms with Gasteiger partial charge in [0.05, 0.1) is 4.92 Å². The largest absolute Gasteiger partial charge is 0.368 e. The standard InChI is InChI=1S/C21H24N4O3/c26-20(22-16-21(10-11-21)17-4-2-1-3-5-17)24-14-12-23(13-15-24)18-6-8-19(9-7-18)25(27)28/h1-9H,10-16H2,(H,22,26). The van der Waals surface area contributed by atoms with Crippen molar-refractivity contribution in [2.45, 2.75) is 18.3 Å². The van der Waals surface area contributed by atoms with Crippen LogP contribution in [0.3, 0.4) is 0 Å². The van der Waals surface area contributed by atoms with Crippen molar-refractivity contribution in [3.8, 4) is 0 Å². The van der Waals surface area contributed by atoms with Crippen molar-refractivity contribution in [3.63, 3.8) is 0 Å². The highest BCUT2D eigenvalue weighted by Gasteiger charge is 2.44. The van der Waals surface area contributed by atoms with Gasteiger partial charge in [-0.25, -0.2) is 4.79 Å². The van der Waals surface area contributed by atoms with Crippen molar-refractivity contribution in [2.75, 3.05) is 37.6 Å². The van der Waals surface area contributed by atoms with Gasteiger partial charge in [-0.3, -0.25) is 10.1 Å². The summed E-state index contributed by atoms with van der Waals surface area (Å²) in [5, 5.41) is 13.9. The van der Waals surface area contributed by atoms with E-state index < -0.39 is 4.92 Å². The molecule has 7 heteroatoms. The third kappa shape index (κ3) is 3.78. The molecule has 146 valence electrons. The number of nitrogens with zero attached hydrogens (tertiary/aromatic N) is 3. The molecule has 1 N–H and O–H groups in total. The molecule has 2 aliphatic rings. The molecule has 7 nitrogen and oxygen atoms in total. The summed E-state index contributed by atoms with van der Waals surface area (Å²) >= 11 is 0. The average Bonchev–Trinajstić information content (AvgIpc) is 3.54. The van der Waals surface area contributed by atoms with Gasteiger partial charge in [-0.1, -0.05) is 30.3 Å². The number of urea groups is 1. The Bertz CT molecular complexity index is 842. The number of benzene rings is 2. The van der Waals surface area contributed by atoms with E-state index in [0.29, 0.717) is 19.6 Å². The lowest BCUT2D eigenvalue weighted by Gasteiger charge is -2.36. The van der Waals surface area contributed by atoms with Gasteiger partial charge in [-0.2, -0.15) is 0 Å². The Balaban J connectivity index is 1.28. The first-order chi connectivity index (χ1) is 13.6. The molecular formula is C21H24N4O3. The van der Waals surface area contributed by atoms with Gasteiger partial charge in [0.2, 0.25) is 0 Å². The van der Waals surface area contributed by atoms with E-state index in [0.717, 1.165) is 31.6 Å². The smallest absolute Gasteiger partial charge is 0.317 e. The van der Waals surface area contributed by atoms with E-state index in [1.165, 1.54) is 17.7 Å². The number of non-ortho nitro benzene ring substituents is 1. The number of anilines is 1. The lowest BCUT2D eigenvalue weighted by Crippen LogP contribution is -2.52. The Hall–Kier alpha value is -3.09. The van der Waals surface area contributed by atoms with E-state index >= 15 is 0 Å². The molecule has 2 amide bonds. The number of amides is 2. The van der Waals surface area contributed by atoms with Crippen LogP contribution in [0.2, 0.25) is 0 Å². The van der Waals surface area contributed by atoms with Crippen LogP contribution in [0, 0.1) is 10.1 Å². The predicted molar refractivity (Wildman–Crippen MR) is 108 cm³/mol. The van der Waals surface area contributed by atoms with Gasteiger partial charge < -0.3 is 15.1 Å². The Morgan fingerprint density at radius 1 is 1.00 bits per heavy atom. The Morgan fingerprint density at radius 2 is 1.64 bits per heavy atom. The minimum absolute atomic E-state index is 0.00874. The SMILES string of the molecule is O=C(NCC1(c2ccccc2)CC1)N1CCN(c2ccc([N+](=O)[O-])cc2)CC1. The van der Waals surface area contributed by atoms with Crippen molar-refractivity contribution in [1.82, 2.24) is 10.2 Å². The van der Waals surface area contributed by atoms with E-state index in [1.54, 1.807) is 12.1 Å². The van der Waals surface area contributed by atoms with E-state index in [4.69, 9.17) is 0 Å². The van der Waals surface area contributed by atoms with Gasteiger partial charge in [-0.15, -0.1) is 0 Å². The fourth-order valence-electron chi connectivity index (χ4n) is 3.82. The normalized spacial score (nSPS) is 17.9. The summed E-state index contributed by atoms with van der Waals surface area (Å²) in [5.74, 6) is 0. The van der Waals surface area contributed by atoms with E-state index in [9.17, 15) is 14.9 Å². The van der Waals surface area contributed by atoms with Crippen molar-refractivity contribution in [3.05, 3.63) is 70.3 Å². The van der Waals surface area contributed by atoms with Crippen LogP contribution < -0.4 is 10.2 Å². The van der Waals surface area contributed by atoms with Crippen molar-refractivity contribution in [2.24, 2.45) is 0 Å². The van der Waals surface area contributed by atoms with Crippen LogP contribution in [-0.4, -0.2) is 48.6 Å². The highest BCUT2D eigenvalue weighted by Crippen LogP contribution is 2.47. The predicted octanol–water partition coefficient (Wildman–Crippen LogP) is 3.16. The van der Waals surface area contributed by atoms with Crippen LogP contribution in [0.25, 0.3) is 0 Å². The molecule has 0 atom stereocenters. The molecule has 4 rings (SSSR count). The number of nitrogens with one attached hydrogen (secondary N) is 1. The third-order valence-electron chi connectivity index (χ3n) is 5.81. The second-order valence-electron chi connectivity index (χ2n) is 7.55. The summed E-state index contributed by atoms with van der Waals surface area (Å²) in [7, 11) is 0. The minimum atomic E-state index is -0.395. The highest BCUT2D eigenvalue weighted by molar-refractivity contribution is 5.75. The summed E-state index contributed by atoms with van der Waals surface area (Å²) < 4.78 is 0. The second kappa shape index (κ2) is 7.50. The number of carbonyl (C=O) groups excluding carboxylic acids is 1. The molecule has 1 aliphatic heterocycles. The number of nitro benzene ring substituents is 1. The van der Waals surface area contributed by atoms with Crippen LogP contribution in [0.15, 0.2) is 54.6 Å². The Morgan fingerprint density at radius 3 is 2.21 bits per heavy atom. The third-order valence-corrected chi connectivity index (χ3v) is 5.81. The summed E-state index contributed by atoms with van der Waals surface area (Å²) in [6.07, 6.45) is 2.23. The molecule has 1 saturated carbocycles. The number of piperazine rings is 1. The zero-order chi connectivity index (χ0) is 19.6. The molecule has 1 saturated heterocycles. The number of hydrogen-bond donors (Lipinski definition) is 1. The van der Waals surface area contributed by atoms with Crippen LogP contribution in [-0.2, 0) is 5.41 Å². The zero-order valence-electron chi connectivity index (χ0n) is 15.7. The molecule has 2 fully saturated rings. The summed E-state index contributed by atoms with van der Waals surface area (Å²) in [5.41, 5.74) is 2.46. The molecule has 0 unspecified atom stereocenters. The van der Waals surface area contributed by atoms with Crippen molar-refractivity contribution >= 4 is 17.4 Å². The highest BCUT2D eigenvalue weighted by atomic mass is 16.6. The van der Waals surface area contributed by atoms with Crippen LogP contribution in [0.5, 0.6) is 0 Å². The lowest BCUT2D eigenvalue weighted by molar-refractivity contribution is -0.384. The fourth-order valence-corrected chi connectivity index (χ4v) is 3.82. The van der Waals surface area contributed by atoms with Crippen LogP contribution >= 0.6 is 0 Å². The number of carbonyl (C=O) groups is 1. The summed E-state index contributed by atoms with van der Waals surface area (Å²) in [4.78, 5) is 27.0. The molecule has 28 heavy (non-hydrogen) atoms. The van der Waals surface area contributed by atoms with Crippen LogP contribution in [0.1, 0.15) is 18.4 Å². The second-order valence-corrected chi connectivity index (χ2v) is 7.55. The summed E-state index contributed by atoms with van der Waals surface area (Å²) in [6, 6.07) is 17.0. The molecule has 0 radical (unpaired) electrons. The maximum atomic E-state index is 12.6. The molecular weight excluding hydrogens is 356 g/mol. The molecule has 1 aliphatic carbocycles. The van der Waals surface area contributed by atoms with Crippen LogP contribution in [0.4, 0.5) is 16.2 Å². The lowest BCUT2D eigenvalue weighted by atomic mass is 9.96. The molecule has 0 spiro atoms. The number of hydrogen-bond acceptors (Lipinski definition) is 4. The van der Waals surface area contributed by atoms with Gasteiger partial charge in [0.25, 0.3) is 5.69 Å². The zero-order valence-corrected chi connectivity index (χ0v) is 15.7. The first-order valence-electron chi connectivity index (χ1n) is 9.65. The van der Waals surface area contributed by atoms with E-state index in [-0.39, 0.29) is 17.1 Å². The maximum Gasteiger partial charge on any atom is 0.317 e. The molecule has 1 heterocycles. The van der Waals surface area contributed by atoms with E-state index in [2.05, 4.69) is 34.5 Å². The summed E-state index contributed by atoms with van der Waals surface area (Å²) in [6.45, 7) is 3.39. The molecule has 2 aromatic carbocycles.